The highest BCUT2D eigenvalue weighted by Gasteiger charge is 2.38. The number of nitrogens with one attached hydrogen (secondary N) is 3. The Balaban J connectivity index is 0.000000459. The first-order chi connectivity index (χ1) is 21.8. The minimum Gasteiger partial charge on any atom is -0.475 e. The molecule has 0 radical (unpaired) electrons. The molecular weight excluding hydrogens is 638 g/mol. The minimum absolute atomic E-state index is 0.0255. The number of aromatic nitrogens is 2. The fraction of sp³-hybridized carbons (Fsp3) is 0.167. The molecule has 0 fully saturated rings. The van der Waals surface area contributed by atoms with Gasteiger partial charge < -0.3 is 32.0 Å². The van der Waals surface area contributed by atoms with Crippen LogP contribution in [0.25, 0.3) is 11.3 Å². The summed E-state index contributed by atoms with van der Waals surface area (Å²) in [6.07, 6.45) is -7.46. The first-order valence-corrected chi connectivity index (χ1v) is 13.2. The lowest BCUT2D eigenvalue weighted by molar-refractivity contribution is -0.193. The number of nitrogens with zero attached hydrogens (tertiary/aromatic N) is 1. The third kappa shape index (κ3) is 11.2. The number of carboxylic acid groups (broad SMARTS) is 2. The summed E-state index contributed by atoms with van der Waals surface area (Å²) in [4.78, 5) is 37.8. The molecule has 0 spiro atoms. The summed E-state index contributed by atoms with van der Waals surface area (Å²) in [5, 5.41) is 25.4. The Labute approximate surface area is 262 Å². The predicted octanol–water partition coefficient (Wildman–Crippen LogP) is 5.49. The van der Waals surface area contributed by atoms with Gasteiger partial charge in [0.25, 0.3) is 0 Å². The summed E-state index contributed by atoms with van der Waals surface area (Å²) in [5.74, 6) is -5.28. The third-order valence-corrected chi connectivity index (χ3v) is 6.02. The van der Waals surface area contributed by atoms with E-state index in [0.29, 0.717) is 28.2 Å². The maximum absolute atomic E-state index is 11.9. The van der Waals surface area contributed by atoms with Crippen LogP contribution in [-0.4, -0.2) is 56.2 Å². The van der Waals surface area contributed by atoms with Crippen LogP contribution in [-0.2, 0) is 16.0 Å². The Hall–Kier alpha value is -5.87. The number of aliphatic carboxylic acids is 2. The van der Waals surface area contributed by atoms with Crippen molar-refractivity contribution in [3.05, 3.63) is 107 Å². The molecule has 0 bridgehead atoms. The van der Waals surface area contributed by atoms with Crippen molar-refractivity contribution in [3.63, 3.8) is 0 Å². The molecule has 3 aromatic carbocycles. The van der Waals surface area contributed by atoms with Crippen molar-refractivity contribution in [2.45, 2.75) is 31.7 Å². The van der Waals surface area contributed by atoms with Crippen LogP contribution in [0.15, 0.2) is 79.0 Å². The summed E-state index contributed by atoms with van der Waals surface area (Å²) < 4.78 is 63.5. The molecule has 0 aliphatic carbocycles. The number of carboxylic acids is 2. The molecule has 1 aromatic heterocycles. The highest BCUT2D eigenvalue weighted by Crippen LogP contribution is 2.29. The molecule has 0 saturated heterocycles. The number of aromatic amines is 1. The molecule has 0 saturated carbocycles. The molecular formula is C30H28F6N6O5. The Morgan fingerprint density at radius 2 is 1.45 bits per heavy atom. The number of anilines is 1. The van der Waals surface area contributed by atoms with E-state index in [9.17, 15) is 31.1 Å². The highest BCUT2D eigenvalue weighted by atomic mass is 19.4. The van der Waals surface area contributed by atoms with Crippen molar-refractivity contribution >= 4 is 29.4 Å². The molecule has 4 aromatic rings. The fourth-order valence-corrected chi connectivity index (χ4v) is 3.76. The SMILES string of the molecule is CCc1cccc(C(Nc2ccc(C(=N)N)cc2)c2nc(-c3ccccc3C(N)=O)c[nH]2)c1.O=C(O)C(F)(F)F.O=C(O)C(F)(F)F. The van der Waals surface area contributed by atoms with Crippen molar-refractivity contribution in [2.24, 2.45) is 11.5 Å². The molecule has 1 atom stereocenters. The molecule has 1 unspecified atom stereocenters. The zero-order valence-electron chi connectivity index (χ0n) is 24.3. The quantitative estimate of drug-likeness (QED) is 0.0725. The van der Waals surface area contributed by atoms with E-state index in [1.807, 2.05) is 30.3 Å². The van der Waals surface area contributed by atoms with E-state index in [2.05, 4.69) is 35.4 Å². The smallest absolute Gasteiger partial charge is 0.475 e. The molecule has 9 N–H and O–H groups in total. The zero-order valence-corrected chi connectivity index (χ0v) is 24.3. The predicted molar refractivity (Wildman–Crippen MR) is 159 cm³/mol. The van der Waals surface area contributed by atoms with Crippen molar-refractivity contribution in [3.8, 4) is 11.3 Å². The monoisotopic (exact) mass is 666 g/mol. The van der Waals surface area contributed by atoms with Gasteiger partial charge >= 0.3 is 24.3 Å². The standard InChI is InChI=1S/C26H26N6O.2C2HF3O2/c1-2-16-6-5-7-18(14-16)23(31-19-12-10-17(11-13-19)24(27)28)26-30-15-22(32-26)20-8-3-4-9-21(20)25(29)33;2*3-2(4,5)1(6)7/h3-15,23,31H,2H2,1H3,(H3,27,28)(H2,29,33)(H,30,32);2*(H,6,7). The molecule has 1 heterocycles. The summed E-state index contributed by atoms with van der Waals surface area (Å²) in [6, 6.07) is 22.6. The Kier molecular flexibility index (Phi) is 12.6. The van der Waals surface area contributed by atoms with Gasteiger partial charge in [0.1, 0.15) is 17.7 Å². The largest absolute Gasteiger partial charge is 0.490 e. The lowest BCUT2D eigenvalue weighted by Gasteiger charge is -2.19. The number of amidine groups is 1. The van der Waals surface area contributed by atoms with Crippen LogP contribution in [0.2, 0.25) is 0 Å². The number of benzene rings is 3. The number of alkyl halides is 6. The summed E-state index contributed by atoms with van der Waals surface area (Å²) in [5.41, 5.74) is 16.7. The maximum atomic E-state index is 11.9. The van der Waals surface area contributed by atoms with Crippen molar-refractivity contribution < 1.29 is 50.9 Å². The fourth-order valence-electron chi connectivity index (χ4n) is 3.76. The van der Waals surface area contributed by atoms with E-state index in [1.54, 1.807) is 30.5 Å². The molecule has 11 nitrogen and oxygen atoms in total. The topological polar surface area (TPSA) is 208 Å². The van der Waals surface area contributed by atoms with Gasteiger partial charge in [-0.2, -0.15) is 26.3 Å². The number of amides is 1. The number of nitrogens with two attached hydrogens (primary N) is 2. The van der Waals surface area contributed by atoms with Gasteiger partial charge in [-0.25, -0.2) is 14.6 Å². The molecule has 17 heteroatoms. The van der Waals surface area contributed by atoms with E-state index >= 15 is 0 Å². The van der Waals surface area contributed by atoms with Crippen molar-refractivity contribution in [2.75, 3.05) is 5.32 Å². The van der Waals surface area contributed by atoms with Crippen molar-refractivity contribution in [1.82, 2.24) is 9.97 Å². The van der Waals surface area contributed by atoms with Crippen LogP contribution in [0, 0.1) is 5.41 Å². The van der Waals surface area contributed by atoms with E-state index in [0.717, 1.165) is 17.7 Å². The molecule has 47 heavy (non-hydrogen) atoms. The average Bonchev–Trinajstić information content (AvgIpc) is 3.49. The second-order valence-corrected chi connectivity index (χ2v) is 9.35. The van der Waals surface area contributed by atoms with Crippen LogP contribution >= 0.6 is 0 Å². The van der Waals surface area contributed by atoms with E-state index < -0.39 is 30.2 Å². The summed E-state index contributed by atoms with van der Waals surface area (Å²) in [7, 11) is 0. The Morgan fingerprint density at radius 1 is 0.894 bits per heavy atom. The molecule has 1 amide bonds. The zero-order chi connectivity index (χ0) is 35.5. The van der Waals surface area contributed by atoms with Crippen LogP contribution in [0.1, 0.15) is 45.8 Å². The third-order valence-electron chi connectivity index (χ3n) is 6.02. The normalized spacial score (nSPS) is 11.6. The van der Waals surface area contributed by atoms with Gasteiger partial charge in [-0.05, 0) is 47.9 Å². The highest BCUT2D eigenvalue weighted by molar-refractivity contribution is 5.99. The number of hydrogen-bond acceptors (Lipinski definition) is 6. The van der Waals surface area contributed by atoms with E-state index in [4.69, 9.17) is 41.7 Å². The van der Waals surface area contributed by atoms with Gasteiger partial charge in [-0.1, -0.05) is 49.4 Å². The first kappa shape index (κ1) is 37.3. The Morgan fingerprint density at radius 3 is 1.94 bits per heavy atom. The number of carbonyl (C=O) groups is 3. The number of aryl methyl sites for hydroxylation is 1. The van der Waals surface area contributed by atoms with Gasteiger partial charge in [0, 0.05) is 28.6 Å². The second kappa shape index (κ2) is 15.9. The van der Waals surface area contributed by atoms with Crippen LogP contribution in [0.5, 0.6) is 0 Å². The van der Waals surface area contributed by atoms with Gasteiger partial charge in [-0.15, -0.1) is 0 Å². The second-order valence-electron chi connectivity index (χ2n) is 9.35. The minimum atomic E-state index is -5.08. The summed E-state index contributed by atoms with van der Waals surface area (Å²) >= 11 is 0. The number of nitrogen functional groups attached to an aromatic ring is 1. The number of carbonyl (C=O) groups excluding carboxylic acids is 1. The first-order valence-electron chi connectivity index (χ1n) is 13.2. The number of imidazole rings is 1. The van der Waals surface area contributed by atoms with Crippen LogP contribution in [0.4, 0.5) is 32.0 Å². The molecule has 0 aliphatic rings. The van der Waals surface area contributed by atoms with Gasteiger partial charge in [0.2, 0.25) is 5.91 Å². The maximum Gasteiger partial charge on any atom is 0.490 e. The summed E-state index contributed by atoms with van der Waals surface area (Å²) in [6.45, 7) is 2.12. The van der Waals surface area contributed by atoms with Gasteiger partial charge in [0.05, 0.1) is 5.69 Å². The van der Waals surface area contributed by atoms with Gasteiger partial charge in [0.15, 0.2) is 0 Å². The number of hydrogen-bond donors (Lipinski definition) is 7. The van der Waals surface area contributed by atoms with E-state index in [1.165, 1.54) is 5.56 Å². The van der Waals surface area contributed by atoms with Crippen LogP contribution in [0.3, 0.4) is 0 Å². The molecule has 4 rings (SSSR count). The van der Waals surface area contributed by atoms with Crippen molar-refractivity contribution in [1.29, 1.82) is 5.41 Å². The number of primary amides is 1. The average molecular weight is 667 g/mol. The molecule has 0 aliphatic heterocycles. The van der Waals surface area contributed by atoms with Crippen LogP contribution < -0.4 is 16.8 Å². The lowest BCUT2D eigenvalue weighted by Crippen LogP contribution is -2.21. The number of rotatable bonds is 8. The molecule has 250 valence electrons. The van der Waals surface area contributed by atoms with Gasteiger partial charge in [-0.3, -0.25) is 10.2 Å². The Bertz CT molecular complexity index is 1680. The number of halogens is 6. The van der Waals surface area contributed by atoms with E-state index in [-0.39, 0.29) is 11.9 Å². The lowest BCUT2D eigenvalue weighted by atomic mass is 10.0. The number of H-pyrrole nitrogens is 1.